The first-order chi connectivity index (χ1) is 8.27. The molecule has 0 aromatic carbocycles. The van der Waals surface area contributed by atoms with Gasteiger partial charge in [0, 0.05) is 17.2 Å². The number of nitrogens with zero attached hydrogens (tertiary/aromatic N) is 1. The average Bonchev–Trinajstić information content (AvgIpc) is 2.49. The molecule has 18 heavy (non-hydrogen) atoms. The second kappa shape index (κ2) is 4.12. The summed E-state index contributed by atoms with van der Waals surface area (Å²) in [6.45, 7) is 9.99. The standard InChI is InChI=1S/C14H18BNO2/c1-7-11-8-12(9-16-10(11)2)15-17-13(3,4)14(5,6)18-15/h1,8-9H,2-6H3. The number of aromatic nitrogens is 1. The van der Waals surface area contributed by atoms with Gasteiger partial charge in [-0.15, -0.1) is 6.42 Å². The lowest BCUT2D eigenvalue weighted by Gasteiger charge is -2.32. The highest BCUT2D eigenvalue weighted by atomic mass is 16.7. The second-order valence-electron chi connectivity index (χ2n) is 5.63. The first-order valence-corrected chi connectivity index (χ1v) is 6.05. The Bertz CT molecular complexity index is 501. The van der Waals surface area contributed by atoms with E-state index in [1.54, 1.807) is 6.20 Å². The molecule has 1 aliphatic rings. The number of terminal acetylenes is 1. The lowest BCUT2D eigenvalue weighted by molar-refractivity contribution is 0.00578. The minimum atomic E-state index is -0.407. The van der Waals surface area contributed by atoms with Crippen molar-refractivity contribution in [3.8, 4) is 12.3 Å². The van der Waals surface area contributed by atoms with E-state index < -0.39 is 7.12 Å². The Morgan fingerprint density at radius 1 is 1.22 bits per heavy atom. The van der Waals surface area contributed by atoms with Gasteiger partial charge in [-0.2, -0.15) is 0 Å². The lowest BCUT2D eigenvalue weighted by Crippen LogP contribution is -2.41. The van der Waals surface area contributed by atoms with Crippen LogP contribution in [-0.2, 0) is 9.31 Å². The second-order valence-corrected chi connectivity index (χ2v) is 5.63. The van der Waals surface area contributed by atoms with E-state index in [0.717, 1.165) is 16.7 Å². The summed E-state index contributed by atoms with van der Waals surface area (Å²) in [5.41, 5.74) is 1.80. The van der Waals surface area contributed by atoms with Crippen LogP contribution in [0.2, 0.25) is 0 Å². The van der Waals surface area contributed by atoms with Gasteiger partial charge in [-0.25, -0.2) is 0 Å². The normalized spacial score (nSPS) is 20.8. The third-order valence-corrected chi connectivity index (χ3v) is 3.79. The van der Waals surface area contributed by atoms with E-state index in [9.17, 15) is 0 Å². The van der Waals surface area contributed by atoms with Gasteiger partial charge in [0.05, 0.1) is 16.9 Å². The topological polar surface area (TPSA) is 31.4 Å². The van der Waals surface area contributed by atoms with E-state index in [0.29, 0.717) is 0 Å². The van der Waals surface area contributed by atoms with Crippen LogP contribution in [-0.4, -0.2) is 23.3 Å². The molecule has 0 radical (unpaired) electrons. The predicted molar refractivity (Wildman–Crippen MR) is 72.6 cm³/mol. The molecule has 2 rings (SSSR count). The maximum atomic E-state index is 5.96. The van der Waals surface area contributed by atoms with Crippen molar-refractivity contribution in [2.45, 2.75) is 45.8 Å². The summed E-state index contributed by atoms with van der Waals surface area (Å²) >= 11 is 0. The highest BCUT2D eigenvalue weighted by Gasteiger charge is 2.51. The van der Waals surface area contributed by atoms with Crippen molar-refractivity contribution in [2.24, 2.45) is 0 Å². The van der Waals surface area contributed by atoms with Gasteiger partial charge >= 0.3 is 7.12 Å². The summed E-state index contributed by atoms with van der Waals surface area (Å²) < 4.78 is 11.9. The highest BCUT2D eigenvalue weighted by molar-refractivity contribution is 6.62. The molecule has 3 nitrogen and oxygen atoms in total. The average molecular weight is 243 g/mol. The minimum absolute atomic E-state index is 0.348. The minimum Gasteiger partial charge on any atom is -0.399 e. The highest BCUT2D eigenvalue weighted by Crippen LogP contribution is 2.36. The van der Waals surface area contributed by atoms with Gasteiger partial charge < -0.3 is 9.31 Å². The summed E-state index contributed by atoms with van der Waals surface area (Å²) in [5, 5.41) is 0. The van der Waals surface area contributed by atoms with Crippen LogP contribution in [0.5, 0.6) is 0 Å². The van der Waals surface area contributed by atoms with E-state index in [2.05, 4.69) is 10.9 Å². The summed E-state index contributed by atoms with van der Waals surface area (Å²) in [6, 6.07) is 1.91. The van der Waals surface area contributed by atoms with Gasteiger partial charge in [0.1, 0.15) is 0 Å². The monoisotopic (exact) mass is 243 g/mol. The zero-order valence-electron chi connectivity index (χ0n) is 11.6. The van der Waals surface area contributed by atoms with Gasteiger partial charge in [-0.3, -0.25) is 4.98 Å². The van der Waals surface area contributed by atoms with E-state index in [1.807, 2.05) is 40.7 Å². The zero-order chi connectivity index (χ0) is 13.6. The molecule has 1 saturated heterocycles. The number of hydrogen-bond donors (Lipinski definition) is 0. The van der Waals surface area contributed by atoms with Gasteiger partial charge in [0.15, 0.2) is 0 Å². The van der Waals surface area contributed by atoms with Gasteiger partial charge in [0.2, 0.25) is 0 Å². The molecule has 4 heteroatoms. The fourth-order valence-electron chi connectivity index (χ4n) is 1.80. The summed E-state index contributed by atoms with van der Waals surface area (Å²) in [7, 11) is -0.407. The largest absolute Gasteiger partial charge is 0.496 e. The third kappa shape index (κ3) is 2.05. The van der Waals surface area contributed by atoms with Crippen LogP contribution < -0.4 is 5.46 Å². The van der Waals surface area contributed by atoms with E-state index in [4.69, 9.17) is 15.7 Å². The third-order valence-electron chi connectivity index (χ3n) is 3.79. The Morgan fingerprint density at radius 2 is 1.78 bits per heavy atom. The molecule has 1 aliphatic heterocycles. The number of pyridine rings is 1. The van der Waals surface area contributed by atoms with Crippen molar-refractivity contribution in [2.75, 3.05) is 0 Å². The van der Waals surface area contributed by atoms with E-state index in [-0.39, 0.29) is 11.2 Å². The van der Waals surface area contributed by atoms with Crippen molar-refractivity contribution in [3.05, 3.63) is 23.5 Å². The van der Waals surface area contributed by atoms with Crippen LogP contribution >= 0.6 is 0 Å². The molecule has 0 aliphatic carbocycles. The summed E-state index contributed by atoms with van der Waals surface area (Å²) in [6.07, 6.45) is 7.22. The number of aryl methyl sites for hydroxylation is 1. The lowest BCUT2D eigenvalue weighted by atomic mass is 9.79. The molecule has 1 fully saturated rings. The Hall–Kier alpha value is -1.31. The molecule has 0 saturated carbocycles. The Labute approximate surface area is 109 Å². The van der Waals surface area contributed by atoms with Crippen LogP contribution in [0.1, 0.15) is 39.0 Å². The van der Waals surface area contributed by atoms with E-state index in [1.165, 1.54) is 0 Å². The molecule has 0 spiro atoms. The van der Waals surface area contributed by atoms with Crippen molar-refractivity contribution in [3.63, 3.8) is 0 Å². The van der Waals surface area contributed by atoms with Crippen molar-refractivity contribution < 1.29 is 9.31 Å². The molecule has 0 unspecified atom stereocenters. The van der Waals surface area contributed by atoms with Gasteiger partial charge in [0.25, 0.3) is 0 Å². The van der Waals surface area contributed by atoms with Crippen LogP contribution in [0.15, 0.2) is 12.3 Å². The number of hydrogen-bond acceptors (Lipinski definition) is 3. The molecule has 0 bridgehead atoms. The first-order valence-electron chi connectivity index (χ1n) is 6.05. The Morgan fingerprint density at radius 3 is 2.28 bits per heavy atom. The number of rotatable bonds is 1. The molecule has 0 atom stereocenters. The molecule has 94 valence electrons. The zero-order valence-corrected chi connectivity index (χ0v) is 11.6. The fraction of sp³-hybridized carbons (Fsp3) is 0.500. The van der Waals surface area contributed by atoms with Crippen molar-refractivity contribution in [1.82, 2.24) is 4.98 Å². The Balaban J connectivity index is 2.33. The van der Waals surface area contributed by atoms with E-state index >= 15 is 0 Å². The molecule has 1 aromatic heterocycles. The van der Waals surface area contributed by atoms with Crippen molar-refractivity contribution in [1.29, 1.82) is 0 Å². The summed E-state index contributed by atoms with van der Waals surface area (Å²) in [5.74, 6) is 2.63. The molecule has 0 amide bonds. The fourth-order valence-corrected chi connectivity index (χ4v) is 1.80. The quantitative estimate of drug-likeness (QED) is 0.555. The maximum Gasteiger partial charge on any atom is 0.496 e. The van der Waals surface area contributed by atoms with Crippen molar-refractivity contribution >= 4 is 12.6 Å². The van der Waals surface area contributed by atoms with Gasteiger partial charge in [-0.05, 0) is 40.7 Å². The van der Waals surface area contributed by atoms with Crippen LogP contribution in [0.3, 0.4) is 0 Å². The SMILES string of the molecule is C#Cc1cc(B2OC(C)(C)C(C)(C)O2)cnc1C. The predicted octanol–water partition coefficient (Wildman–Crippen LogP) is 1.67. The smallest absolute Gasteiger partial charge is 0.399 e. The Kier molecular flexibility index (Phi) is 3.00. The maximum absolute atomic E-state index is 5.96. The molecule has 0 N–H and O–H groups in total. The van der Waals surface area contributed by atoms with Gasteiger partial charge in [-0.1, -0.05) is 5.92 Å². The van der Waals surface area contributed by atoms with Crippen LogP contribution in [0, 0.1) is 19.3 Å². The molecular formula is C14H18BNO2. The van der Waals surface area contributed by atoms with Crippen LogP contribution in [0.4, 0.5) is 0 Å². The van der Waals surface area contributed by atoms with Crippen LogP contribution in [0.25, 0.3) is 0 Å². The summed E-state index contributed by atoms with van der Waals surface area (Å²) in [4.78, 5) is 4.29. The first kappa shape index (κ1) is 13.1. The molecule has 1 aromatic rings. The molecule has 2 heterocycles. The molecular weight excluding hydrogens is 225 g/mol.